The van der Waals surface area contributed by atoms with Gasteiger partial charge in [0.25, 0.3) is 0 Å². The summed E-state index contributed by atoms with van der Waals surface area (Å²) >= 11 is 0. The minimum absolute atomic E-state index is 0.500. The Hall–Kier alpha value is -1.86. The summed E-state index contributed by atoms with van der Waals surface area (Å²) in [5.41, 5.74) is 0. The maximum atomic E-state index is 8.24. The van der Waals surface area contributed by atoms with Gasteiger partial charge in [-0.15, -0.1) is 0 Å². The van der Waals surface area contributed by atoms with Crippen molar-refractivity contribution in [1.82, 2.24) is 0 Å². The predicted octanol–water partition coefficient (Wildman–Crippen LogP) is 4.21. The van der Waals surface area contributed by atoms with Gasteiger partial charge in [0.2, 0.25) is 0 Å². The van der Waals surface area contributed by atoms with Crippen LogP contribution in [0.1, 0.15) is 70.6 Å². The summed E-state index contributed by atoms with van der Waals surface area (Å²) in [5, 5.41) is 20.3. The van der Waals surface area contributed by atoms with Crippen LogP contribution < -0.4 is 0 Å². The lowest BCUT2D eigenvalue weighted by molar-refractivity contribution is 0.244. The van der Waals surface area contributed by atoms with E-state index in [1.807, 2.05) is 0 Å². The van der Waals surface area contributed by atoms with Crippen LogP contribution >= 0.6 is 0 Å². The minimum Gasteiger partial charge on any atom is -0.724 e. The highest BCUT2D eigenvalue weighted by Gasteiger charge is 2.20. The smallest absolute Gasteiger partial charge is 0.0159 e. The molecule has 0 heterocycles. The largest absolute Gasteiger partial charge is 0.724 e. The van der Waals surface area contributed by atoms with Crippen molar-refractivity contribution >= 4 is 18.2 Å². The lowest BCUT2D eigenvalue weighted by Gasteiger charge is -2.28. The first kappa shape index (κ1) is 22.4. The Morgan fingerprint density at radius 2 is 0.818 bits per heavy atom. The third kappa shape index (κ3) is 16.2. The summed E-state index contributed by atoms with van der Waals surface area (Å²) in [5.74, 6) is 2.24. The summed E-state index contributed by atoms with van der Waals surface area (Å²) in [7, 11) is 0. The molecule has 0 amide bonds. The summed E-state index contributed by atoms with van der Waals surface area (Å²) in [4.78, 5) is 24.7. The molecule has 124 valence electrons. The first-order chi connectivity index (χ1) is 10.7. The Kier molecular flexibility index (Phi) is 19.5. The lowest BCUT2D eigenvalue weighted by atomic mass is 9.78. The van der Waals surface area contributed by atoms with E-state index in [0.29, 0.717) is 18.2 Å². The Morgan fingerprint density at radius 1 is 0.591 bits per heavy atom. The SMILES string of the molecule is C1CCC(CC2CCCCC2)CC1.[N-]=C=O.[N-]=C=O.[N-]=C=O. The predicted molar refractivity (Wildman–Crippen MR) is 84.9 cm³/mol. The molecule has 0 atom stereocenters. The summed E-state index contributed by atoms with van der Waals surface area (Å²) in [6.07, 6.45) is 18.4. The molecule has 2 aliphatic rings. The van der Waals surface area contributed by atoms with Crippen molar-refractivity contribution in [2.45, 2.75) is 70.6 Å². The zero-order valence-electron chi connectivity index (χ0n) is 13.0. The highest BCUT2D eigenvalue weighted by molar-refractivity contribution is 5.37. The Labute approximate surface area is 132 Å². The lowest BCUT2D eigenvalue weighted by Crippen LogP contribution is -2.14. The molecular weight excluding hydrogens is 282 g/mol. The van der Waals surface area contributed by atoms with Crippen molar-refractivity contribution in [3.05, 3.63) is 16.2 Å². The molecule has 2 rings (SSSR count). The zero-order chi connectivity index (χ0) is 17.1. The van der Waals surface area contributed by atoms with Crippen LogP contribution in [0, 0.1) is 11.8 Å². The fourth-order valence-corrected chi connectivity index (χ4v) is 3.32. The third-order valence-corrected chi connectivity index (χ3v) is 4.12. The quantitative estimate of drug-likeness (QED) is 0.561. The summed E-state index contributed by atoms with van der Waals surface area (Å²) in [6, 6.07) is 0. The van der Waals surface area contributed by atoms with Gasteiger partial charge in [-0.25, -0.2) is 0 Å². The molecule has 2 aliphatic carbocycles. The first-order valence-electron chi connectivity index (χ1n) is 7.73. The molecule has 6 heteroatoms. The monoisotopic (exact) mass is 306 g/mol. The van der Waals surface area contributed by atoms with E-state index in [9.17, 15) is 0 Å². The van der Waals surface area contributed by atoms with Crippen molar-refractivity contribution in [2.75, 3.05) is 0 Å². The van der Waals surface area contributed by atoms with Gasteiger partial charge in [0.1, 0.15) is 0 Å². The third-order valence-electron chi connectivity index (χ3n) is 4.12. The summed E-state index contributed by atoms with van der Waals surface area (Å²) in [6.45, 7) is 0. The molecule has 0 unspecified atom stereocenters. The second kappa shape index (κ2) is 19.1. The van der Waals surface area contributed by atoms with Crippen LogP contribution in [0.15, 0.2) is 0 Å². The summed E-state index contributed by atoms with van der Waals surface area (Å²) < 4.78 is 0. The molecule has 0 aromatic heterocycles. The topological polar surface area (TPSA) is 118 Å². The molecule has 6 nitrogen and oxygen atoms in total. The second-order valence-corrected chi connectivity index (χ2v) is 5.52. The van der Waals surface area contributed by atoms with Crippen molar-refractivity contribution in [1.29, 1.82) is 0 Å². The molecule has 0 saturated heterocycles. The molecule has 0 spiro atoms. The van der Waals surface area contributed by atoms with Gasteiger partial charge >= 0.3 is 0 Å². The Balaban J connectivity index is 0. The maximum Gasteiger partial charge on any atom is -0.0159 e. The Morgan fingerprint density at radius 3 is 1.05 bits per heavy atom. The zero-order valence-corrected chi connectivity index (χ0v) is 13.0. The van der Waals surface area contributed by atoms with E-state index in [0.717, 1.165) is 11.8 Å². The molecular formula is C16H24N3O3-3. The van der Waals surface area contributed by atoms with E-state index >= 15 is 0 Å². The molecule has 0 aromatic rings. The molecule has 0 radical (unpaired) electrons. The molecule has 0 bridgehead atoms. The van der Waals surface area contributed by atoms with E-state index in [-0.39, 0.29) is 0 Å². The van der Waals surface area contributed by atoms with Gasteiger partial charge in [-0.05, 0) is 36.5 Å². The molecule has 0 aliphatic heterocycles. The van der Waals surface area contributed by atoms with Gasteiger partial charge in [0.05, 0.1) is 0 Å². The number of rotatable bonds is 2. The van der Waals surface area contributed by atoms with Crippen molar-refractivity contribution in [2.24, 2.45) is 11.8 Å². The van der Waals surface area contributed by atoms with Crippen LogP contribution in [0.3, 0.4) is 0 Å². The number of hydrogen-bond donors (Lipinski definition) is 0. The molecule has 2 saturated carbocycles. The van der Waals surface area contributed by atoms with Gasteiger partial charge < -0.3 is 16.2 Å². The van der Waals surface area contributed by atoms with Gasteiger partial charge in [-0.3, -0.25) is 14.4 Å². The highest BCUT2D eigenvalue weighted by Crippen LogP contribution is 2.34. The van der Waals surface area contributed by atoms with Gasteiger partial charge in [-0.2, -0.15) is 0 Å². The Bertz CT molecular complexity index is 297. The van der Waals surface area contributed by atoms with Gasteiger partial charge in [0, 0.05) is 0 Å². The number of hydrogen-bond acceptors (Lipinski definition) is 3. The second-order valence-electron chi connectivity index (χ2n) is 5.52. The molecule has 0 aromatic carbocycles. The van der Waals surface area contributed by atoms with Crippen molar-refractivity contribution in [3.8, 4) is 0 Å². The van der Waals surface area contributed by atoms with E-state index in [1.165, 1.54) is 38.5 Å². The normalized spacial score (nSPS) is 17.5. The maximum absolute atomic E-state index is 8.24. The van der Waals surface area contributed by atoms with Crippen LogP contribution in [-0.2, 0) is 14.4 Å². The van der Waals surface area contributed by atoms with Crippen LogP contribution in [0.2, 0.25) is 0 Å². The number of carbonyl (C=O) groups excluding carboxylic acids is 3. The van der Waals surface area contributed by atoms with E-state index in [2.05, 4.69) is 0 Å². The molecule has 2 fully saturated rings. The average Bonchev–Trinajstić information content (AvgIpc) is 2.52. The van der Waals surface area contributed by atoms with E-state index in [4.69, 9.17) is 30.6 Å². The first-order valence-corrected chi connectivity index (χ1v) is 7.73. The number of nitrogens with zero attached hydrogens (tertiary/aromatic N) is 3. The number of isocyanates is 3. The van der Waals surface area contributed by atoms with Crippen LogP contribution in [0.5, 0.6) is 0 Å². The van der Waals surface area contributed by atoms with Crippen LogP contribution in [-0.4, -0.2) is 18.2 Å². The van der Waals surface area contributed by atoms with Crippen molar-refractivity contribution < 1.29 is 14.4 Å². The average molecular weight is 306 g/mol. The standard InChI is InChI=1S/C13H24.3CNO/c1-3-7-12(8-4-1)11-13-9-5-2-6-10-13;3*2-1-3/h12-13H,1-11H2;;;/q;3*-1. The van der Waals surface area contributed by atoms with Crippen LogP contribution in [0.25, 0.3) is 16.2 Å². The van der Waals surface area contributed by atoms with E-state index < -0.39 is 0 Å². The fraction of sp³-hybridized carbons (Fsp3) is 0.812. The van der Waals surface area contributed by atoms with E-state index in [1.54, 1.807) is 32.1 Å². The fourth-order valence-electron chi connectivity index (χ4n) is 3.32. The van der Waals surface area contributed by atoms with Gasteiger partial charge in [-0.1, -0.05) is 64.2 Å². The highest BCUT2D eigenvalue weighted by atomic mass is 16.1. The van der Waals surface area contributed by atoms with Crippen molar-refractivity contribution in [3.63, 3.8) is 0 Å². The molecule has 22 heavy (non-hydrogen) atoms. The van der Waals surface area contributed by atoms with Crippen LogP contribution in [0.4, 0.5) is 0 Å². The molecule has 0 N–H and O–H groups in total. The minimum atomic E-state index is 0.500. The van der Waals surface area contributed by atoms with Gasteiger partial charge in [0.15, 0.2) is 0 Å².